The van der Waals surface area contributed by atoms with Crippen molar-refractivity contribution in [1.29, 1.82) is 0 Å². The summed E-state index contributed by atoms with van der Waals surface area (Å²) in [5, 5.41) is 10.9. The van der Waals surface area contributed by atoms with E-state index in [9.17, 15) is 9.18 Å². The fraction of sp³-hybridized carbons (Fsp3) is 0.208. The standard InChI is InChI=1S/C24H23FN4O3/c1-15-6-4-7-16(2)23(15)31-14-21-17(3)32-28-22(21)24(30)27-20-11-26-29(13-20)12-18-8-5-9-19(25)10-18/h4-11,13H,12,14H2,1-3H3,(H,27,30). The molecule has 0 bridgehead atoms. The Kier molecular flexibility index (Phi) is 6.02. The maximum absolute atomic E-state index is 13.4. The van der Waals surface area contributed by atoms with Crippen LogP contribution >= 0.6 is 0 Å². The quantitative estimate of drug-likeness (QED) is 0.451. The second kappa shape index (κ2) is 9.05. The molecule has 0 fully saturated rings. The molecule has 2 aromatic heterocycles. The normalized spacial score (nSPS) is 10.9. The smallest absolute Gasteiger partial charge is 0.278 e. The number of rotatable bonds is 7. The maximum Gasteiger partial charge on any atom is 0.278 e. The molecule has 32 heavy (non-hydrogen) atoms. The summed E-state index contributed by atoms with van der Waals surface area (Å²) in [5.74, 6) is 0.564. The minimum atomic E-state index is -0.424. The highest BCUT2D eigenvalue weighted by Gasteiger charge is 2.21. The predicted molar refractivity (Wildman–Crippen MR) is 117 cm³/mol. The Morgan fingerprint density at radius 2 is 1.91 bits per heavy atom. The van der Waals surface area contributed by atoms with Crippen molar-refractivity contribution < 1.29 is 18.4 Å². The van der Waals surface area contributed by atoms with Crippen LogP contribution < -0.4 is 10.1 Å². The molecule has 1 amide bonds. The number of para-hydroxylation sites is 1. The summed E-state index contributed by atoms with van der Waals surface area (Å²) < 4.78 is 26.2. The van der Waals surface area contributed by atoms with Crippen molar-refractivity contribution in [3.8, 4) is 5.75 Å². The lowest BCUT2D eigenvalue weighted by Gasteiger charge is -2.12. The van der Waals surface area contributed by atoms with Crippen molar-refractivity contribution in [2.45, 2.75) is 33.9 Å². The second-order valence-electron chi connectivity index (χ2n) is 7.59. The number of carbonyl (C=O) groups is 1. The zero-order chi connectivity index (χ0) is 22.7. The van der Waals surface area contributed by atoms with Crippen LogP contribution in [0.2, 0.25) is 0 Å². The zero-order valence-electron chi connectivity index (χ0n) is 18.1. The Morgan fingerprint density at radius 1 is 1.16 bits per heavy atom. The molecule has 0 aliphatic rings. The molecule has 4 rings (SSSR count). The van der Waals surface area contributed by atoms with Gasteiger partial charge in [0.1, 0.15) is 23.9 Å². The third-order valence-electron chi connectivity index (χ3n) is 5.09. The van der Waals surface area contributed by atoms with E-state index in [1.807, 2.05) is 38.1 Å². The number of halogens is 1. The van der Waals surface area contributed by atoms with E-state index < -0.39 is 5.91 Å². The first-order valence-corrected chi connectivity index (χ1v) is 10.1. The van der Waals surface area contributed by atoms with Gasteiger partial charge in [0.05, 0.1) is 24.0 Å². The first kappa shape index (κ1) is 21.3. The predicted octanol–water partition coefficient (Wildman–Crippen LogP) is 4.82. The van der Waals surface area contributed by atoms with Gasteiger partial charge in [-0.2, -0.15) is 5.10 Å². The van der Waals surface area contributed by atoms with Crippen LogP contribution in [-0.2, 0) is 13.2 Å². The molecule has 0 saturated carbocycles. The average Bonchev–Trinajstić information content (AvgIpc) is 3.34. The number of ether oxygens (including phenoxy) is 1. The minimum Gasteiger partial charge on any atom is -0.488 e. The van der Waals surface area contributed by atoms with Crippen LogP contribution in [0.25, 0.3) is 0 Å². The third-order valence-corrected chi connectivity index (χ3v) is 5.09. The SMILES string of the molecule is Cc1cccc(C)c1OCc1c(C(=O)Nc2cnn(Cc3cccc(F)c3)c2)noc1C. The van der Waals surface area contributed by atoms with Gasteiger partial charge in [-0.25, -0.2) is 4.39 Å². The Balaban J connectivity index is 1.45. The monoisotopic (exact) mass is 434 g/mol. The Bertz CT molecular complexity index is 1240. The first-order chi connectivity index (χ1) is 15.4. The molecule has 0 radical (unpaired) electrons. The number of nitrogens with one attached hydrogen (secondary N) is 1. The summed E-state index contributed by atoms with van der Waals surface area (Å²) >= 11 is 0. The number of aromatic nitrogens is 3. The van der Waals surface area contributed by atoms with Gasteiger partial charge in [0, 0.05) is 6.20 Å². The van der Waals surface area contributed by atoms with E-state index >= 15 is 0 Å². The molecule has 4 aromatic rings. The van der Waals surface area contributed by atoms with Gasteiger partial charge >= 0.3 is 0 Å². The molecular formula is C24H23FN4O3. The second-order valence-corrected chi connectivity index (χ2v) is 7.59. The van der Waals surface area contributed by atoms with Crippen LogP contribution in [0.3, 0.4) is 0 Å². The number of amides is 1. The molecule has 7 nitrogen and oxygen atoms in total. The van der Waals surface area contributed by atoms with Crippen LogP contribution in [0.5, 0.6) is 5.75 Å². The fourth-order valence-electron chi connectivity index (χ4n) is 3.44. The van der Waals surface area contributed by atoms with Gasteiger partial charge in [-0.05, 0) is 49.6 Å². The Labute approximate surface area is 184 Å². The lowest BCUT2D eigenvalue weighted by molar-refractivity contribution is 0.101. The average molecular weight is 434 g/mol. The zero-order valence-corrected chi connectivity index (χ0v) is 18.1. The van der Waals surface area contributed by atoms with Crippen molar-refractivity contribution in [3.05, 3.63) is 94.4 Å². The summed E-state index contributed by atoms with van der Waals surface area (Å²) in [5.41, 5.74) is 4.02. The van der Waals surface area contributed by atoms with Crippen molar-refractivity contribution in [3.63, 3.8) is 0 Å². The van der Waals surface area contributed by atoms with Gasteiger partial charge in [0.2, 0.25) is 0 Å². The molecule has 0 spiro atoms. The first-order valence-electron chi connectivity index (χ1n) is 10.1. The third kappa shape index (κ3) is 4.69. The molecule has 164 valence electrons. The fourth-order valence-corrected chi connectivity index (χ4v) is 3.44. The molecular weight excluding hydrogens is 411 g/mol. The van der Waals surface area contributed by atoms with Gasteiger partial charge in [0.25, 0.3) is 5.91 Å². The molecule has 8 heteroatoms. The number of hydrogen-bond acceptors (Lipinski definition) is 5. The molecule has 2 heterocycles. The Morgan fingerprint density at radius 3 is 2.66 bits per heavy atom. The lowest BCUT2D eigenvalue weighted by atomic mass is 10.1. The van der Waals surface area contributed by atoms with Crippen LogP contribution in [0.4, 0.5) is 10.1 Å². The maximum atomic E-state index is 13.4. The number of hydrogen-bond donors (Lipinski definition) is 1. The van der Waals surface area contributed by atoms with Crippen molar-refractivity contribution in [2.75, 3.05) is 5.32 Å². The number of carbonyl (C=O) groups excluding carboxylic acids is 1. The van der Waals surface area contributed by atoms with Crippen LogP contribution in [0, 0.1) is 26.6 Å². The largest absolute Gasteiger partial charge is 0.488 e. The van der Waals surface area contributed by atoms with Crippen molar-refractivity contribution in [2.24, 2.45) is 0 Å². The summed E-state index contributed by atoms with van der Waals surface area (Å²) in [4.78, 5) is 12.8. The van der Waals surface area contributed by atoms with Crippen molar-refractivity contribution >= 4 is 11.6 Å². The van der Waals surface area contributed by atoms with Gasteiger partial charge in [-0.15, -0.1) is 0 Å². The van der Waals surface area contributed by atoms with E-state index in [1.165, 1.54) is 18.3 Å². The van der Waals surface area contributed by atoms with E-state index in [0.717, 1.165) is 22.4 Å². The Hall–Kier alpha value is -3.94. The number of aryl methyl sites for hydroxylation is 3. The number of benzene rings is 2. The van der Waals surface area contributed by atoms with E-state index in [2.05, 4.69) is 15.6 Å². The van der Waals surface area contributed by atoms with Crippen molar-refractivity contribution in [1.82, 2.24) is 14.9 Å². The highest BCUT2D eigenvalue weighted by Crippen LogP contribution is 2.25. The highest BCUT2D eigenvalue weighted by molar-refractivity contribution is 6.03. The van der Waals surface area contributed by atoms with Crippen LogP contribution in [0.1, 0.15) is 38.5 Å². The molecule has 1 N–H and O–H groups in total. The van der Waals surface area contributed by atoms with E-state index in [4.69, 9.17) is 9.26 Å². The summed E-state index contributed by atoms with van der Waals surface area (Å²) in [6.45, 7) is 6.22. The highest BCUT2D eigenvalue weighted by atomic mass is 19.1. The molecule has 0 aliphatic heterocycles. The molecule has 0 aliphatic carbocycles. The molecule has 0 atom stereocenters. The van der Waals surface area contributed by atoms with Gasteiger partial charge in [-0.1, -0.05) is 35.5 Å². The van der Waals surface area contributed by atoms with Gasteiger partial charge < -0.3 is 14.6 Å². The molecule has 2 aromatic carbocycles. The summed E-state index contributed by atoms with van der Waals surface area (Å²) in [6, 6.07) is 12.2. The summed E-state index contributed by atoms with van der Waals surface area (Å²) in [6.07, 6.45) is 3.19. The topological polar surface area (TPSA) is 82.2 Å². The van der Waals surface area contributed by atoms with Crippen LogP contribution in [0.15, 0.2) is 59.4 Å². The van der Waals surface area contributed by atoms with Gasteiger partial charge in [0.15, 0.2) is 5.69 Å². The van der Waals surface area contributed by atoms with E-state index in [0.29, 0.717) is 23.6 Å². The lowest BCUT2D eigenvalue weighted by Crippen LogP contribution is -2.15. The van der Waals surface area contributed by atoms with Gasteiger partial charge in [-0.3, -0.25) is 9.48 Å². The molecule has 0 unspecified atom stereocenters. The van der Waals surface area contributed by atoms with Crippen LogP contribution in [-0.4, -0.2) is 20.8 Å². The summed E-state index contributed by atoms with van der Waals surface area (Å²) in [7, 11) is 0. The van der Waals surface area contributed by atoms with E-state index in [1.54, 1.807) is 23.9 Å². The minimum absolute atomic E-state index is 0.155. The number of nitrogens with zero attached hydrogens (tertiary/aromatic N) is 3. The number of anilines is 1. The van der Waals surface area contributed by atoms with E-state index in [-0.39, 0.29) is 18.1 Å². The molecule has 0 saturated heterocycles.